The molecule has 156 valence electrons. The van der Waals surface area contributed by atoms with Crippen molar-refractivity contribution in [3.8, 4) is 0 Å². The van der Waals surface area contributed by atoms with Gasteiger partial charge in [0, 0.05) is 31.4 Å². The lowest BCUT2D eigenvalue weighted by Gasteiger charge is -2.61. The van der Waals surface area contributed by atoms with Crippen LogP contribution in [-0.2, 0) is 4.79 Å². The number of carbonyl (C=O) groups excluding carboxylic acids is 1. The van der Waals surface area contributed by atoms with Crippen LogP contribution in [-0.4, -0.2) is 52.2 Å². The molecule has 1 amide bonds. The molecule has 6 aliphatic rings. The Bertz CT molecular complexity index is 831. The minimum absolute atomic E-state index is 0.0273. The molecule has 4 aliphatic carbocycles. The molecule has 5 nitrogen and oxygen atoms in total. The predicted octanol–water partition coefficient (Wildman–Crippen LogP) is 2.98. The van der Waals surface area contributed by atoms with Crippen LogP contribution in [0.4, 0.5) is 10.1 Å². The van der Waals surface area contributed by atoms with E-state index >= 15 is 0 Å². The molecule has 1 aromatic heterocycles. The van der Waals surface area contributed by atoms with Crippen molar-refractivity contribution in [3.63, 3.8) is 0 Å². The van der Waals surface area contributed by atoms with Crippen molar-refractivity contribution in [1.29, 1.82) is 0 Å². The van der Waals surface area contributed by atoms with Crippen LogP contribution in [0.1, 0.15) is 51.4 Å². The zero-order chi connectivity index (χ0) is 19.8. The topological polar surface area (TPSA) is 56.7 Å². The number of rotatable bonds is 2. The Kier molecular flexibility index (Phi) is 3.85. The molecular weight excluding hydrogens is 369 g/mol. The summed E-state index contributed by atoms with van der Waals surface area (Å²) in [5, 5.41) is 10.6. The minimum Gasteiger partial charge on any atom is -0.393 e. The fourth-order valence-electron chi connectivity index (χ4n) is 7.90. The van der Waals surface area contributed by atoms with E-state index in [9.17, 15) is 14.3 Å². The van der Waals surface area contributed by atoms with Gasteiger partial charge in [0.25, 0.3) is 0 Å². The smallest absolute Gasteiger partial charge is 0.231 e. The highest BCUT2D eigenvalue weighted by molar-refractivity contribution is 5.86. The predicted molar refractivity (Wildman–Crippen MR) is 107 cm³/mol. The summed E-state index contributed by atoms with van der Waals surface area (Å²) in [5.74, 6) is 1.42. The van der Waals surface area contributed by atoms with Crippen molar-refractivity contribution >= 4 is 11.6 Å². The summed E-state index contributed by atoms with van der Waals surface area (Å²) >= 11 is 0. The summed E-state index contributed by atoms with van der Waals surface area (Å²) in [6.45, 7) is 2.23. The molecule has 1 spiro atoms. The molecule has 6 fully saturated rings. The molecule has 6 heteroatoms. The van der Waals surface area contributed by atoms with E-state index in [0.717, 1.165) is 64.5 Å². The maximum absolute atomic E-state index is 14.3. The molecule has 7 rings (SSSR count). The Hall–Kier alpha value is -1.69. The number of anilines is 1. The average Bonchev–Trinajstić information content (AvgIpc) is 3.02. The van der Waals surface area contributed by atoms with Crippen LogP contribution in [0.2, 0.25) is 0 Å². The summed E-state index contributed by atoms with van der Waals surface area (Å²) in [7, 11) is 0. The Morgan fingerprint density at radius 1 is 1.14 bits per heavy atom. The Morgan fingerprint density at radius 2 is 1.93 bits per heavy atom. The van der Waals surface area contributed by atoms with Gasteiger partial charge in [-0.2, -0.15) is 0 Å². The van der Waals surface area contributed by atoms with Crippen LogP contribution in [0.15, 0.2) is 18.5 Å². The van der Waals surface area contributed by atoms with Crippen molar-refractivity contribution in [1.82, 2.24) is 9.88 Å². The molecule has 3 unspecified atom stereocenters. The van der Waals surface area contributed by atoms with Gasteiger partial charge in [-0.3, -0.25) is 9.78 Å². The molecular formula is C23H30FN3O2. The fourth-order valence-corrected chi connectivity index (χ4v) is 7.90. The van der Waals surface area contributed by atoms with Gasteiger partial charge < -0.3 is 14.9 Å². The van der Waals surface area contributed by atoms with E-state index in [1.165, 1.54) is 6.20 Å². The standard InChI is InChI=1S/C23H30FN3O2/c24-18-13-25-5-2-19(18)26-6-1-3-22(14-26)4-7-27(21(22)29)23-10-15-8-16(11-23)20(28)17(9-15)12-23/h2,5,13,15-17,20,28H,1,3-4,6-12,14H2. The van der Waals surface area contributed by atoms with Gasteiger partial charge in [0.2, 0.25) is 5.91 Å². The van der Waals surface area contributed by atoms with E-state index in [1.54, 1.807) is 12.3 Å². The van der Waals surface area contributed by atoms with Gasteiger partial charge >= 0.3 is 0 Å². The van der Waals surface area contributed by atoms with E-state index in [0.29, 0.717) is 35.9 Å². The number of aliphatic hydroxyl groups excluding tert-OH is 1. The maximum Gasteiger partial charge on any atom is 0.231 e. The zero-order valence-corrected chi connectivity index (χ0v) is 16.9. The molecule has 3 atom stereocenters. The van der Waals surface area contributed by atoms with Crippen molar-refractivity contribution in [3.05, 3.63) is 24.3 Å². The van der Waals surface area contributed by atoms with Crippen molar-refractivity contribution in [2.75, 3.05) is 24.5 Å². The Morgan fingerprint density at radius 3 is 2.69 bits per heavy atom. The summed E-state index contributed by atoms with van der Waals surface area (Å²) in [4.78, 5) is 22.0. The van der Waals surface area contributed by atoms with Crippen LogP contribution >= 0.6 is 0 Å². The number of halogens is 1. The molecule has 2 saturated heterocycles. The molecule has 0 radical (unpaired) electrons. The maximum atomic E-state index is 14.3. The number of hydrogen-bond donors (Lipinski definition) is 1. The summed E-state index contributed by atoms with van der Waals surface area (Å²) in [6, 6.07) is 1.73. The normalized spacial score (nSPS) is 43.6. The lowest BCUT2D eigenvalue weighted by molar-refractivity contribution is -0.167. The highest BCUT2D eigenvalue weighted by Gasteiger charge is 2.62. The number of amides is 1. The SMILES string of the molecule is O=C1N(C23CC4CC(C2)C(O)C(C4)C3)CCC12CCCN(c1ccncc1F)C2. The highest BCUT2D eigenvalue weighted by atomic mass is 19.1. The van der Waals surface area contributed by atoms with Gasteiger partial charge in [-0.25, -0.2) is 4.39 Å². The number of pyridine rings is 1. The monoisotopic (exact) mass is 399 g/mol. The van der Waals surface area contributed by atoms with Crippen LogP contribution in [0.3, 0.4) is 0 Å². The third-order valence-corrected chi connectivity index (χ3v) is 8.95. The second kappa shape index (κ2) is 6.16. The first-order valence-corrected chi connectivity index (χ1v) is 11.3. The number of aromatic nitrogens is 1. The van der Waals surface area contributed by atoms with Crippen molar-refractivity contribution < 1.29 is 14.3 Å². The van der Waals surface area contributed by atoms with Crippen molar-refractivity contribution in [2.45, 2.75) is 63.0 Å². The van der Waals surface area contributed by atoms with E-state index < -0.39 is 0 Å². The van der Waals surface area contributed by atoms with Gasteiger partial charge in [0.1, 0.15) is 0 Å². The number of aliphatic hydroxyl groups is 1. The first-order valence-electron chi connectivity index (χ1n) is 11.3. The number of hydrogen-bond acceptors (Lipinski definition) is 4. The molecule has 4 saturated carbocycles. The van der Waals surface area contributed by atoms with Crippen LogP contribution in [0, 0.1) is 29.0 Å². The van der Waals surface area contributed by atoms with Gasteiger partial charge in [0.15, 0.2) is 5.82 Å². The van der Waals surface area contributed by atoms with E-state index in [1.807, 2.05) is 0 Å². The first-order chi connectivity index (χ1) is 14.0. The molecule has 4 bridgehead atoms. The lowest BCUT2D eigenvalue weighted by atomic mass is 9.51. The Labute approximate surface area is 171 Å². The third-order valence-electron chi connectivity index (χ3n) is 8.95. The fraction of sp³-hybridized carbons (Fsp3) is 0.739. The molecule has 1 aromatic rings. The molecule has 3 heterocycles. The number of carbonyl (C=O) groups is 1. The van der Waals surface area contributed by atoms with E-state index in [-0.39, 0.29) is 22.9 Å². The molecule has 1 N–H and O–H groups in total. The van der Waals surface area contributed by atoms with E-state index in [2.05, 4.69) is 14.8 Å². The van der Waals surface area contributed by atoms with Gasteiger partial charge in [-0.05, 0) is 75.2 Å². The second-order valence-corrected chi connectivity index (χ2v) is 10.5. The largest absolute Gasteiger partial charge is 0.393 e. The van der Waals surface area contributed by atoms with Crippen LogP contribution < -0.4 is 4.90 Å². The number of likely N-dealkylation sites (tertiary alicyclic amines) is 1. The van der Waals surface area contributed by atoms with Gasteiger partial charge in [-0.1, -0.05) is 0 Å². The van der Waals surface area contributed by atoms with E-state index in [4.69, 9.17) is 0 Å². The average molecular weight is 400 g/mol. The number of piperidine rings is 1. The highest BCUT2D eigenvalue weighted by Crippen LogP contribution is 2.59. The zero-order valence-electron chi connectivity index (χ0n) is 16.9. The molecule has 2 aliphatic heterocycles. The summed E-state index contributed by atoms with van der Waals surface area (Å²) < 4.78 is 14.3. The van der Waals surface area contributed by atoms with Gasteiger partial charge in [-0.15, -0.1) is 0 Å². The van der Waals surface area contributed by atoms with Crippen LogP contribution in [0.5, 0.6) is 0 Å². The summed E-state index contributed by atoms with van der Waals surface area (Å²) in [5.41, 5.74) is 0.166. The molecule has 0 aromatic carbocycles. The van der Waals surface area contributed by atoms with Crippen molar-refractivity contribution in [2.24, 2.45) is 23.2 Å². The minimum atomic E-state index is -0.379. The quantitative estimate of drug-likeness (QED) is 0.831. The first kappa shape index (κ1) is 18.1. The second-order valence-electron chi connectivity index (χ2n) is 10.5. The summed E-state index contributed by atoms with van der Waals surface area (Å²) in [6.07, 6.45) is 10.8. The molecule has 29 heavy (non-hydrogen) atoms. The third kappa shape index (κ3) is 2.54. The number of nitrogens with zero attached hydrogens (tertiary/aromatic N) is 3. The lowest BCUT2D eigenvalue weighted by Crippen LogP contribution is -2.65. The Balaban J connectivity index is 1.27. The van der Waals surface area contributed by atoms with Crippen LogP contribution in [0.25, 0.3) is 0 Å². The van der Waals surface area contributed by atoms with Gasteiger partial charge in [0.05, 0.1) is 23.4 Å².